The monoisotopic (exact) mass is 347 g/mol. The summed E-state index contributed by atoms with van der Waals surface area (Å²) >= 11 is 0. The van der Waals surface area contributed by atoms with Crippen LogP contribution in [0.15, 0.2) is 42.6 Å². The first-order valence-electron chi connectivity index (χ1n) is 8.15. The van der Waals surface area contributed by atoms with E-state index in [1.807, 2.05) is 57.4 Å². The Morgan fingerprint density at radius 2 is 1.81 bits per heavy atom. The molecule has 0 radical (unpaired) electrons. The molecule has 0 fully saturated rings. The van der Waals surface area contributed by atoms with Crippen molar-refractivity contribution in [3.05, 3.63) is 59.7 Å². The highest BCUT2D eigenvalue weighted by atomic mass is 16.4. The lowest BCUT2D eigenvalue weighted by molar-refractivity contribution is 0.0687. The van der Waals surface area contributed by atoms with Crippen LogP contribution in [-0.2, 0) is 7.05 Å². The van der Waals surface area contributed by atoms with E-state index in [0.29, 0.717) is 11.3 Å². The molecule has 0 atom stereocenters. The third-order valence-electron chi connectivity index (χ3n) is 4.34. The summed E-state index contributed by atoms with van der Waals surface area (Å²) in [5, 5.41) is 18.5. The van der Waals surface area contributed by atoms with Crippen LogP contribution in [-0.4, -0.2) is 35.5 Å². The average molecular weight is 347 g/mol. The summed E-state index contributed by atoms with van der Waals surface area (Å²) in [6.45, 7) is 3.74. The molecule has 0 spiro atoms. The quantitative estimate of drug-likeness (QED) is 0.615. The fourth-order valence-corrected chi connectivity index (χ4v) is 3.21. The minimum Gasteiger partial charge on any atom is -0.477 e. The lowest BCUT2D eigenvalue weighted by Crippen LogP contribution is -2.08. The number of carboxylic acid groups (broad SMARTS) is 1. The number of aryl methyl sites for hydroxylation is 3. The van der Waals surface area contributed by atoms with Crippen LogP contribution in [0.25, 0.3) is 28.0 Å². The highest BCUT2D eigenvalue weighted by molar-refractivity contribution is 5.90. The molecule has 0 aliphatic carbocycles. The number of hydrogen-bond donors (Lipinski definition) is 1. The number of hydrogen-bond acceptors (Lipinski definition) is 4. The van der Waals surface area contributed by atoms with E-state index in [0.717, 1.165) is 28.1 Å². The van der Waals surface area contributed by atoms with Crippen LogP contribution in [0.5, 0.6) is 0 Å². The van der Waals surface area contributed by atoms with E-state index in [2.05, 4.69) is 10.2 Å². The largest absolute Gasteiger partial charge is 0.477 e. The Balaban J connectivity index is 2.08. The van der Waals surface area contributed by atoms with Gasteiger partial charge in [-0.15, -0.1) is 0 Å². The molecule has 0 unspecified atom stereocenters. The van der Waals surface area contributed by atoms with Crippen LogP contribution >= 0.6 is 0 Å². The lowest BCUT2D eigenvalue weighted by atomic mass is 10.1. The Morgan fingerprint density at radius 3 is 2.42 bits per heavy atom. The van der Waals surface area contributed by atoms with Gasteiger partial charge in [-0.1, -0.05) is 30.3 Å². The molecule has 130 valence electrons. The van der Waals surface area contributed by atoms with Crippen molar-refractivity contribution in [3.8, 4) is 22.4 Å². The van der Waals surface area contributed by atoms with Gasteiger partial charge in [0.25, 0.3) is 0 Å². The van der Waals surface area contributed by atoms with E-state index in [4.69, 9.17) is 4.98 Å². The first-order valence-corrected chi connectivity index (χ1v) is 8.15. The zero-order valence-electron chi connectivity index (χ0n) is 14.6. The predicted octanol–water partition coefficient (Wildman–Crippen LogP) is 3.11. The summed E-state index contributed by atoms with van der Waals surface area (Å²) in [4.78, 5) is 16.6. The van der Waals surface area contributed by atoms with Gasteiger partial charge in [0, 0.05) is 24.4 Å². The first-order chi connectivity index (χ1) is 12.5. The van der Waals surface area contributed by atoms with Crippen molar-refractivity contribution in [2.24, 2.45) is 7.05 Å². The lowest BCUT2D eigenvalue weighted by Gasteiger charge is -2.06. The van der Waals surface area contributed by atoms with Gasteiger partial charge in [0.15, 0.2) is 11.3 Å². The van der Waals surface area contributed by atoms with Crippen molar-refractivity contribution >= 4 is 11.6 Å². The molecule has 26 heavy (non-hydrogen) atoms. The maximum Gasteiger partial charge on any atom is 0.354 e. The molecular formula is C19H17N5O2. The van der Waals surface area contributed by atoms with Crippen LogP contribution in [0, 0.1) is 13.8 Å². The van der Waals surface area contributed by atoms with Gasteiger partial charge in [0.1, 0.15) is 0 Å². The standard InChI is InChI=1S/C19H17N5O2/c1-11-14(10-23(3)21-11)15-9-16(19(25)26)24-18(20-15)17(12(2)22-24)13-7-5-4-6-8-13/h4-10H,1-3H3,(H,25,26). The van der Waals surface area contributed by atoms with Crippen molar-refractivity contribution in [3.63, 3.8) is 0 Å². The SMILES string of the molecule is Cc1nn(C)cc1-c1cc(C(=O)O)n2nc(C)c(-c3ccccc3)c2n1. The summed E-state index contributed by atoms with van der Waals surface area (Å²) in [6, 6.07) is 11.3. The molecule has 0 amide bonds. The van der Waals surface area contributed by atoms with Gasteiger partial charge < -0.3 is 5.11 Å². The molecule has 7 heteroatoms. The van der Waals surface area contributed by atoms with E-state index in [1.165, 1.54) is 4.52 Å². The summed E-state index contributed by atoms with van der Waals surface area (Å²) in [6.07, 6.45) is 1.84. The number of carbonyl (C=O) groups is 1. The van der Waals surface area contributed by atoms with Crippen molar-refractivity contribution in [1.29, 1.82) is 0 Å². The third kappa shape index (κ3) is 2.45. The minimum absolute atomic E-state index is 0.0681. The molecule has 3 aromatic heterocycles. The molecule has 0 bridgehead atoms. The summed E-state index contributed by atoms with van der Waals surface area (Å²) in [5.74, 6) is -1.05. The Bertz CT molecular complexity index is 1140. The normalized spacial score (nSPS) is 11.2. The van der Waals surface area contributed by atoms with Crippen LogP contribution in [0.2, 0.25) is 0 Å². The fraction of sp³-hybridized carbons (Fsp3) is 0.158. The third-order valence-corrected chi connectivity index (χ3v) is 4.34. The van der Waals surface area contributed by atoms with Crippen molar-refractivity contribution in [2.75, 3.05) is 0 Å². The summed E-state index contributed by atoms with van der Waals surface area (Å²) in [7, 11) is 1.82. The second-order valence-electron chi connectivity index (χ2n) is 6.20. The molecule has 1 N–H and O–H groups in total. The smallest absolute Gasteiger partial charge is 0.354 e. The van der Waals surface area contributed by atoms with E-state index >= 15 is 0 Å². The molecule has 3 heterocycles. The van der Waals surface area contributed by atoms with E-state index < -0.39 is 5.97 Å². The molecule has 0 saturated heterocycles. The highest BCUT2D eigenvalue weighted by Gasteiger charge is 2.21. The molecule has 4 rings (SSSR count). The topological polar surface area (TPSA) is 85.3 Å². The van der Waals surface area contributed by atoms with Gasteiger partial charge >= 0.3 is 5.97 Å². The Morgan fingerprint density at radius 1 is 1.08 bits per heavy atom. The van der Waals surface area contributed by atoms with Gasteiger partial charge in [-0.25, -0.2) is 14.3 Å². The van der Waals surface area contributed by atoms with Crippen molar-refractivity contribution < 1.29 is 9.90 Å². The minimum atomic E-state index is -1.05. The number of nitrogens with zero attached hydrogens (tertiary/aromatic N) is 5. The fourth-order valence-electron chi connectivity index (χ4n) is 3.21. The van der Waals surface area contributed by atoms with Crippen molar-refractivity contribution in [1.82, 2.24) is 24.4 Å². The number of fused-ring (bicyclic) bond motifs is 1. The summed E-state index contributed by atoms with van der Waals surface area (Å²) in [5.41, 5.74) is 5.25. The number of aromatic carboxylic acids is 1. The van der Waals surface area contributed by atoms with Gasteiger partial charge in [-0.05, 0) is 25.5 Å². The molecule has 0 aliphatic rings. The van der Waals surface area contributed by atoms with Gasteiger partial charge in [-0.2, -0.15) is 10.2 Å². The molecule has 1 aromatic carbocycles. The van der Waals surface area contributed by atoms with Crippen LogP contribution in [0.4, 0.5) is 0 Å². The first kappa shape index (κ1) is 16.0. The molecule has 7 nitrogen and oxygen atoms in total. The van der Waals surface area contributed by atoms with Crippen LogP contribution in [0.1, 0.15) is 21.9 Å². The van der Waals surface area contributed by atoms with Crippen molar-refractivity contribution in [2.45, 2.75) is 13.8 Å². The van der Waals surface area contributed by atoms with Gasteiger partial charge in [0.2, 0.25) is 0 Å². The number of rotatable bonds is 3. The zero-order chi connectivity index (χ0) is 18.4. The maximum atomic E-state index is 11.8. The Labute approximate surface area is 149 Å². The van der Waals surface area contributed by atoms with Gasteiger partial charge in [0.05, 0.1) is 17.1 Å². The zero-order valence-corrected chi connectivity index (χ0v) is 14.6. The van der Waals surface area contributed by atoms with E-state index in [-0.39, 0.29) is 5.69 Å². The molecule has 4 aromatic rings. The van der Waals surface area contributed by atoms with Crippen LogP contribution < -0.4 is 0 Å². The highest BCUT2D eigenvalue weighted by Crippen LogP contribution is 2.30. The van der Waals surface area contributed by atoms with E-state index in [1.54, 1.807) is 10.7 Å². The van der Waals surface area contributed by atoms with Crippen LogP contribution in [0.3, 0.4) is 0 Å². The second-order valence-corrected chi connectivity index (χ2v) is 6.20. The maximum absolute atomic E-state index is 11.8. The molecular weight excluding hydrogens is 330 g/mol. The molecule has 0 saturated carbocycles. The van der Waals surface area contributed by atoms with Gasteiger partial charge in [-0.3, -0.25) is 4.68 Å². The predicted molar refractivity (Wildman–Crippen MR) is 97.1 cm³/mol. The Hall–Kier alpha value is -3.48. The Kier molecular flexibility index (Phi) is 3.57. The number of carboxylic acids is 1. The van der Waals surface area contributed by atoms with E-state index in [9.17, 15) is 9.90 Å². The number of benzene rings is 1. The number of aromatic nitrogens is 5. The second kappa shape index (κ2) is 5.80. The summed E-state index contributed by atoms with van der Waals surface area (Å²) < 4.78 is 3.09. The average Bonchev–Trinajstić information content (AvgIpc) is 3.12. The molecule has 0 aliphatic heterocycles.